The van der Waals surface area contributed by atoms with Crippen LogP contribution in [0.3, 0.4) is 0 Å². The van der Waals surface area contributed by atoms with Crippen molar-refractivity contribution in [3.63, 3.8) is 0 Å². The van der Waals surface area contributed by atoms with Crippen molar-refractivity contribution in [2.75, 3.05) is 46.8 Å². The smallest absolute Gasteiger partial charge is 0.270 e. The first-order valence-corrected chi connectivity index (χ1v) is 12.1. The minimum Gasteiger partial charge on any atom is -0.337 e. The highest BCUT2D eigenvalue weighted by atomic mass is 16.2. The summed E-state index contributed by atoms with van der Waals surface area (Å²) in [5, 5.41) is 4.06. The lowest BCUT2D eigenvalue weighted by Gasteiger charge is -2.38. The number of benzene rings is 1. The number of hydrogen-bond acceptors (Lipinski definition) is 5. The topological polar surface area (TPSA) is 68.2 Å². The van der Waals surface area contributed by atoms with Gasteiger partial charge in [-0.2, -0.15) is 5.10 Å². The normalized spacial score (nSPS) is 20.2. The summed E-state index contributed by atoms with van der Waals surface area (Å²) in [4.78, 5) is 31.4. The fourth-order valence-electron chi connectivity index (χ4n) is 5.27. The molecule has 4 rings (SSSR count). The molecule has 2 amide bonds. The van der Waals surface area contributed by atoms with Crippen LogP contribution in [0, 0.1) is 5.92 Å². The lowest BCUT2D eigenvalue weighted by molar-refractivity contribution is -0.125. The largest absolute Gasteiger partial charge is 0.337 e. The summed E-state index contributed by atoms with van der Waals surface area (Å²) in [5.41, 5.74) is 6.00. The highest BCUT2D eigenvalue weighted by Gasteiger charge is 2.31. The van der Waals surface area contributed by atoms with Gasteiger partial charge >= 0.3 is 0 Å². The summed E-state index contributed by atoms with van der Waals surface area (Å²) in [6.45, 7) is 4.70. The number of nitrogens with zero attached hydrogens (tertiary/aromatic N) is 4. The Morgan fingerprint density at radius 2 is 1.78 bits per heavy atom. The Labute approximate surface area is 191 Å². The fourth-order valence-corrected chi connectivity index (χ4v) is 5.27. The van der Waals surface area contributed by atoms with E-state index in [1.165, 1.54) is 24.0 Å². The molecule has 1 fully saturated rings. The molecule has 2 aliphatic heterocycles. The lowest BCUT2D eigenvalue weighted by Crippen LogP contribution is -2.47. The Kier molecular flexibility index (Phi) is 7.58. The van der Waals surface area contributed by atoms with Crippen molar-refractivity contribution in [2.24, 2.45) is 11.0 Å². The van der Waals surface area contributed by atoms with E-state index in [1.54, 1.807) is 0 Å². The third-order valence-electron chi connectivity index (χ3n) is 7.15. The molecular formula is C25H37N5O2. The SMILES string of the molecule is CN(C)CCCN(CC1CCN(C2Cc3ccccc3C2)CC1)C(=O)C1=NNC(=O)CC1. The van der Waals surface area contributed by atoms with Crippen LogP contribution in [-0.4, -0.2) is 85.1 Å². The number of piperidine rings is 1. The number of carbonyl (C=O) groups excluding carboxylic acids is 2. The molecule has 7 heteroatoms. The monoisotopic (exact) mass is 439 g/mol. The number of rotatable bonds is 8. The first-order chi connectivity index (χ1) is 15.5. The molecule has 32 heavy (non-hydrogen) atoms. The lowest BCUT2D eigenvalue weighted by atomic mass is 9.94. The molecular weight excluding hydrogens is 402 g/mol. The molecule has 0 spiro atoms. The van der Waals surface area contributed by atoms with Crippen LogP contribution in [0.15, 0.2) is 29.4 Å². The molecule has 1 aromatic carbocycles. The third kappa shape index (κ3) is 5.75. The maximum atomic E-state index is 13.2. The predicted octanol–water partition coefficient (Wildman–Crippen LogP) is 1.91. The van der Waals surface area contributed by atoms with Gasteiger partial charge in [0.25, 0.3) is 5.91 Å². The molecule has 1 N–H and O–H groups in total. The molecule has 7 nitrogen and oxygen atoms in total. The van der Waals surface area contributed by atoms with Gasteiger partial charge in [0.05, 0.1) is 0 Å². The van der Waals surface area contributed by atoms with Crippen molar-refractivity contribution in [1.29, 1.82) is 0 Å². The van der Waals surface area contributed by atoms with E-state index in [4.69, 9.17) is 0 Å². The standard InChI is InChI=1S/C25H37N5O2/c1-28(2)12-5-13-30(25(32)23-8-9-24(31)27-26-23)18-19-10-14-29(15-11-19)22-16-20-6-3-4-7-21(20)17-22/h3-4,6-7,19,22H,5,8-18H2,1-2H3,(H,27,31). The van der Waals surface area contributed by atoms with Crippen molar-refractivity contribution < 1.29 is 9.59 Å². The van der Waals surface area contributed by atoms with Gasteiger partial charge in [-0.25, -0.2) is 5.43 Å². The van der Waals surface area contributed by atoms with Crippen molar-refractivity contribution in [3.05, 3.63) is 35.4 Å². The van der Waals surface area contributed by atoms with Crippen LogP contribution in [0.1, 0.15) is 43.2 Å². The van der Waals surface area contributed by atoms with Crippen LogP contribution in [0.5, 0.6) is 0 Å². The van der Waals surface area contributed by atoms with Gasteiger partial charge in [-0.05, 0) is 82.9 Å². The molecule has 0 aromatic heterocycles. The molecule has 1 aromatic rings. The third-order valence-corrected chi connectivity index (χ3v) is 7.15. The number of fused-ring (bicyclic) bond motifs is 1. The molecule has 0 atom stereocenters. The number of hydrazone groups is 1. The summed E-state index contributed by atoms with van der Waals surface area (Å²) in [7, 11) is 4.12. The van der Waals surface area contributed by atoms with Gasteiger partial charge in [0.2, 0.25) is 5.91 Å². The van der Waals surface area contributed by atoms with E-state index in [-0.39, 0.29) is 11.8 Å². The Bertz CT molecular complexity index is 819. The van der Waals surface area contributed by atoms with E-state index in [2.05, 4.69) is 58.7 Å². The van der Waals surface area contributed by atoms with Crippen molar-refractivity contribution in [3.8, 4) is 0 Å². The second-order valence-electron chi connectivity index (χ2n) is 9.81. The molecule has 174 valence electrons. The number of nitrogens with one attached hydrogen (secondary N) is 1. The van der Waals surface area contributed by atoms with E-state index in [0.717, 1.165) is 52.0 Å². The molecule has 1 aliphatic carbocycles. The number of likely N-dealkylation sites (tertiary alicyclic amines) is 1. The second kappa shape index (κ2) is 10.6. The van der Waals surface area contributed by atoms with Gasteiger partial charge in [-0.15, -0.1) is 0 Å². The van der Waals surface area contributed by atoms with E-state index in [1.807, 2.05) is 4.90 Å². The highest BCUT2D eigenvalue weighted by Crippen LogP contribution is 2.29. The zero-order valence-corrected chi connectivity index (χ0v) is 19.6. The Morgan fingerprint density at radius 1 is 1.09 bits per heavy atom. The Morgan fingerprint density at radius 3 is 2.38 bits per heavy atom. The number of hydrogen-bond donors (Lipinski definition) is 1. The average molecular weight is 440 g/mol. The van der Waals surface area contributed by atoms with Crippen LogP contribution in [-0.2, 0) is 22.4 Å². The van der Waals surface area contributed by atoms with Crippen LogP contribution >= 0.6 is 0 Å². The van der Waals surface area contributed by atoms with Crippen LogP contribution < -0.4 is 5.43 Å². The van der Waals surface area contributed by atoms with Crippen molar-refractivity contribution in [1.82, 2.24) is 20.1 Å². The van der Waals surface area contributed by atoms with E-state index >= 15 is 0 Å². The first kappa shape index (κ1) is 22.9. The van der Waals surface area contributed by atoms with Crippen LogP contribution in [0.25, 0.3) is 0 Å². The summed E-state index contributed by atoms with van der Waals surface area (Å²) in [6.07, 6.45) is 6.33. The number of amides is 2. The van der Waals surface area contributed by atoms with Crippen LogP contribution in [0.2, 0.25) is 0 Å². The summed E-state index contributed by atoms with van der Waals surface area (Å²) in [6, 6.07) is 9.48. The summed E-state index contributed by atoms with van der Waals surface area (Å²) < 4.78 is 0. The zero-order chi connectivity index (χ0) is 22.5. The van der Waals surface area contributed by atoms with Gasteiger partial charge in [0, 0.05) is 32.0 Å². The molecule has 0 radical (unpaired) electrons. The maximum absolute atomic E-state index is 13.2. The van der Waals surface area contributed by atoms with E-state index in [9.17, 15) is 9.59 Å². The van der Waals surface area contributed by atoms with Gasteiger partial charge in [-0.3, -0.25) is 14.5 Å². The van der Waals surface area contributed by atoms with Gasteiger partial charge in [-0.1, -0.05) is 24.3 Å². The summed E-state index contributed by atoms with van der Waals surface area (Å²) >= 11 is 0. The fraction of sp³-hybridized carbons (Fsp3) is 0.640. The molecule has 0 saturated carbocycles. The maximum Gasteiger partial charge on any atom is 0.270 e. The van der Waals surface area contributed by atoms with Crippen LogP contribution in [0.4, 0.5) is 0 Å². The zero-order valence-electron chi connectivity index (χ0n) is 19.6. The van der Waals surface area contributed by atoms with Crippen molar-refractivity contribution >= 4 is 17.5 Å². The second-order valence-corrected chi connectivity index (χ2v) is 9.81. The molecule has 3 aliphatic rings. The average Bonchev–Trinajstić information content (AvgIpc) is 3.23. The van der Waals surface area contributed by atoms with Gasteiger partial charge in [0.15, 0.2) is 0 Å². The molecule has 0 bridgehead atoms. The van der Waals surface area contributed by atoms with E-state index < -0.39 is 0 Å². The Balaban J connectivity index is 1.31. The molecule has 1 saturated heterocycles. The molecule has 2 heterocycles. The first-order valence-electron chi connectivity index (χ1n) is 12.1. The highest BCUT2D eigenvalue weighted by molar-refractivity contribution is 6.39. The van der Waals surface area contributed by atoms with E-state index in [0.29, 0.717) is 30.5 Å². The predicted molar refractivity (Wildman–Crippen MR) is 126 cm³/mol. The quantitative estimate of drug-likeness (QED) is 0.672. The minimum absolute atomic E-state index is 0.00238. The molecule has 0 unspecified atom stereocenters. The van der Waals surface area contributed by atoms with Gasteiger partial charge in [0.1, 0.15) is 5.71 Å². The minimum atomic E-state index is -0.109. The summed E-state index contributed by atoms with van der Waals surface area (Å²) in [5.74, 6) is 0.414. The van der Waals surface area contributed by atoms with Gasteiger partial charge < -0.3 is 9.80 Å². The van der Waals surface area contributed by atoms with Crippen molar-refractivity contribution in [2.45, 2.75) is 51.0 Å². The number of carbonyl (C=O) groups is 2. The Hall–Kier alpha value is -2.25.